The summed E-state index contributed by atoms with van der Waals surface area (Å²) in [5, 5.41) is 6.47. The molecule has 6 heteroatoms. The third kappa shape index (κ3) is 4.30. The van der Waals surface area contributed by atoms with Crippen LogP contribution in [-0.2, 0) is 0 Å². The SMILES string of the molecule is CCCNc1ncnc(NCCSC)c1OC. The first-order chi connectivity index (χ1) is 8.33. The average molecular weight is 256 g/mol. The first kappa shape index (κ1) is 13.9. The quantitative estimate of drug-likeness (QED) is 0.695. The largest absolute Gasteiger partial charge is 0.490 e. The van der Waals surface area contributed by atoms with Crippen LogP contribution in [0.25, 0.3) is 0 Å². The number of thioether (sulfide) groups is 1. The van der Waals surface area contributed by atoms with Crippen molar-refractivity contribution in [2.24, 2.45) is 0 Å². The summed E-state index contributed by atoms with van der Waals surface area (Å²) in [5.74, 6) is 3.21. The molecule has 0 bridgehead atoms. The maximum Gasteiger partial charge on any atom is 0.204 e. The molecule has 2 N–H and O–H groups in total. The van der Waals surface area contributed by atoms with Crippen LogP contribution in [0.4, 0.5) is 11.6 Å². The van der Waals surface area contributed by atoms with E-state index in [2.05, 4.69) is 33.8 Å². The smallest absolute Gasteiger partial charge is 0.204 e. The third-order valence-corrected chi connectivity index (χ3v) is 2.76. The van der Waals surface area contributed by atoms with Crippen molar-refractivity contribution in [2.45, 2.75) is 13.3 Å². The Balaban J connectivity index is 2.74. The van der Waals surface area contributed by atoms with Gasteiger partial charge in [-0.1, -0.05) is 6.92 Å². The Bertz CT molecular complexity index is 335. The van der Waals surface area contributed by atoms with Gasteiger partial charge in [0, 0.05) is 18.8 Å². The van der Waals surface area contributed by atoms with Crippen LogP contribution in [-0.4, -0.2) is 42.2 Å². The number of nitrogens with one attached hydrogen (secondary N) is 2. The van der Waals surface area contributed by atoms with Crippen LogP contribution in [0.3, 0.4) is 0 Å². The molecule has 0 unspecified atom stereocenters. The van der Waals surface area contributed by atoms with Gasteiger partial charge >= 0.3 is 0 Å². The van der Waals surface area contributed by atoms with E-state index < -0.39 is 0 Å². The highest BCUT2D eigenvalue weighted by molar-refractivity contribution is 7.98. The van der Waals surface area contributed by atoms with Crippen molar-refractivity contribution in [1.29, 1.82) is 0 Å². The molecule has 0 aliphatic heterocycles. The van der Waals surface area contributed by atoms with Crippen molar-refractivity contribution in [3.05, 3.63) is 6.33 Å². The third-order valence-electron chi connectivity index (χ3n) is 2.15. The molecule has 0 atom stereocenters. The van der Waals surface area contributed by atoms with Crippen LogP contribution in [0.5, 0.6) is 5.75 Å². The molecule has 0 aliphatic carbocycles. The number of nitrogens with zero attached hydrogens (tertiary/aromatic N) is 2. The van der Waals surface area contributed by atoms with E-state index >= 15 is 0 Å². The van der Waals surface area contributed by atoms with Crippen LogP contribution in [0.1, 0.15) is 13.3 Å². The monoisotopic (exact) mass is 256 g/mol. The van der Waals surface area contributed by atoms with Crippen LogP contribution in [0.2, 0.25) is 0 Å². The van der Waals surface area contributed by atoms with Gasteiger partial charge in [-0.2, -0.15) is 11.8 Å². The van der Waals surface area contributed by atoms with E-state index in [-0.39, 0.29) is 0 Å². The number of hydrogen-bond donors (Lipinski definition) is 2. The molecule has 96 valence electrons. The minimum atomic E-state index is 0.682. The van der Waals surface area contributed by atoms with Gasteiger partial charge in [0.15, 0.2) is 11.6 Å². The van der Waals surface area contributed by atoms with Gasteiger partial charge < -0.3 is 15.4 Å². The Morgan fingerprint density at radius 1 is 1.24 bits per heavy atom. The summed E-state index contributed by atoms with van der Waals surface area (Å²) in [4.78, 5) is 8.38. The average Bonchev–Trinajstić information content (AvgIpc) is 2.36. The van der Waals surface area contributed by atoms with Crippen molar-refractivity contribution in [2.75, 3.05) is 42.8 Å². The molecule has 1 heterocycles. The van der Waals surface area contributed by atoms with Crippen molar-refractivity contribution >= 4 is 23.4 Å². The van der Waals surface area contributed by atoms with Gasteiger partial charge in [-0.05, 0) is 12.7 Å². The van der Waals surface area contributed by atoms with E-state index in [4.69, 9.17) is 4.74 Å². The van der Waals surface area contributed by atoms with Crippen LogP contribution >= 0.6 is 11.8 Å². The zero-order valence-corrected chi connectivity index (χ0v) is 11.4. The molecule has 0 amide bonds. The topological polar surface area (TPSA) is 59.1 Å². The molecule has 0 radical (unpaired) electrons. The molecule has 1 rings (SSSR count). The zero-order chi connectivity index (χ0) is 12.5. The van der Waals surface area contributed by atoms with E-state index in [1.54, 1.807) is 25.2 Å². The van der Waals surface area contributed by atoms with Gasteiger partial charge in [0.25, 0.3) is 0 Å². The maximum absolute atomic E-state index is 5.35. The lowest BCUT2D eigenvalue weighted by Gasteiger charge is -2.13. The Morgan fingerprint density at radius 2 is 1.88 bits per heavy atom. The summed E-state index contributed by atoms with van der Waals surface area (Å²) in [6, 6.07) is 0. The lowest BCUT2D eigenvalue weighted by molar-refractivity contribution is 0.414. The Kier molecular flexibility index (Phi) is 6.54. The Labute approximate surface area is 107 Å². The highest BCUT2D eigenvalue weighted by atomic mass is 32.2. The van der Waals surface area contributed by atoms with Crippen LogP contribution in [0, 0.1) is 0 Å². The maximum atomic E-state index is 5.35. The Morgan fingerprint density at radius 3 is 2.41 bits per heavy atom. The minimum absolute atomic E-state index is 0.682. The number of methoxy groups -OCH3 is 1. The second kappa shape index (κ2) is 8.00. The fraction of sp³-hybridized carbons (Fsp3) is 0.636. The van der Waals surface area contributed by atoms with E-state index in [0.29, 0.717) is 5.75 Å². The molecule has 0 fully saturated rings. The molecule has 0 spiro atoms. The summed E-state index contributed by atoms with van der Waals surface area (Å²) in [6.45, 7) is 3.84. The fourth-order valence-electron chi connectivity index (χ4n) is 1.33. The minimum Gasteiger partial charge on any atom is -0.490 e. The molecule has 17 heavy (non-hydrogen) atoms. The molecule has 5 nitrogen and oxygen atoms in total. The van der Waals surface area contributed by atoms with Gasteiger partial charge in [0.1, 0.15) is 6.33 Å². The number of ether oxygens (including phenoxy) is 1. The molecule has 1 aromatic heterocycles. The number of aromatic nitrogens is 2. The molecular weight excluding hydrogens is 236 g/mol. The van der Waals surface area contributed by atoms with Gasteiger partial charge in [-0.3, -0.25) is 0 Å². The number of hydrogen-bond acceptors (Lipinski definition) is 6. The molecule has 0 aliphatic rings. The molecular formula is C11H20N4OS. The van der Waals surface area contributed by atoms with Gasteiger partial charge in [0.2, 0.25) is 5.75 Å². The standard InChI is InChI=1S/C11H20N4OS/c1-4-5-12-10-9(16-2)11(15-8-14-10)13-6-7-17-3/h8H,4-7H2,1-3H3,(H2,12,13,14,15). The normalized spacial score (nSPS) is 10.1. The summed E-state index contributed by atoms with van der Waals surface area (Å²) in [7, 11) is 1.63. The molecule has 0 saturated carbocycles. The predicted molar refractivity (Wildman–Crippen MR) is 74.2 cm³/mol. The van der Waals surface area contributed by atoms with E-state index in [1.165, 1.54) is 0 Å². The lowest BCUT2D eigenvalue weighted by Crippen LogP contribution is -2.10. The zero-order valence-electron chi connectivity index (χ0n) is 10.6. The van der Waals surface area contributed by atoms with Crippen LogP contribution in [0.15, 0.2) is 6.33 Å². The van der Waals surface area contributed by atoms with Crippen molar-refractivity contribution in [3.8, 4) is 5.75 Å². The van der Waals surface area contributed by atoms with E-state index in [9.17, 15) is 0 Å². The van der Waals surface area contributed by atoms with Crippen molar-refractivity contribution in [3.63, 3.8) is 0 Å². The highest BCUT2D eigenvalue weighted by Crippen LogP contribution is 2.28. The fourth-order valence-corrected chi connectivity index (χ4v) is 1.64. The second-order valence-electron chi connectivity index (χ2n) is 3.45. The second-order valence-corrected chi connectivity index (χ2v) is 4.44. The highest BCUT2D eigenvalue weighted by Gasteiger charge is 2.10. The van der Waals surface area contributed by atoms with E-state index in [0.717, 1.165) is 36.9 Å². The van der Waals surface area contributed by atoms with Crippen molar-refractivity contribution in [1.82, 2.24) is 9.97 Å². The molecule has 0 saturated heterocycles. The summed E-state index contributed by atoms with van der Waals surface area (Å²) >= 11 is 1.79. The first-order valence-corrected chi connectivity index (χ1v) is 7.08. The number of rotatable bonds is 8. The lowest BCUT2D eigenvalue weighted by atomic mass is 10.4. The Hall–Kier alpha value is -1.17. The summed E-state index contributed by atoms with van der Waals surface area (Å²) in [6.07, 6.45) is 4.66. The van der Waals surface area contributed by atoms with Gasteiger partial charge in [-0.15, -0.1) is 0 Å². The van der Waals surface area contributed by atoms with E-state index in [1.807, 2.05) is 0 Å². The van der Waals surface area contributed by atoms with Gasteiger partial charge in [0.05, 0.1) is 7.11 Å². The van der Waals surface area contributed by atoms with Gasteiger partial charge in [-0.25, -0.2) is 9.97 Å². The first-order valence-electron chi connectivity index (χ1n) is 5.69. The van der Waals surface area contributed by atoms with Crippen molar-refractivity contribution < 1.29 is 4.74 Å². The predicted octanol–water partition coefficient (Wildman–Crippen LogP) is 2.08. The molecule has 0 aromatic carbocycles. The number of anilines is 2. The van der Waals surface area contributed by atoms with Crippen LogP contribution < -0.4 is 15.4 Å². The molecule has 1 aromatic rings. The summed E-state index contributed by atoms with van der Waals surface area (Å²) < 4.78 is 5.35. The summed E-state index contributed by atoms with van der Waals surface area (Å²) in [5.41, 5.74) is 0.